The van der Waals surface area contributed by atoms with Crippen LogP contribution in [0.15, 0.2) is 0 Å². The van der Waals surface area contributed by atoms with Crippen LogP contribution in [0.1, 0.15) is 0 Å². The Hall–Kier alpha value is -0.820. The Labute approximate surface area is 87.2 Å². The summed E-state index contributed by atoms with van der Waals surface area (Å²) in [5.74, 6) is -1.26. The number of rotatable bonds is 5. The van der Waals surface area contributed by atoms with Crippen LogP contribution in [-0.2, 0) is 9.59 Å². The maximum absolute atomic E-state index is 12.9. The molecule has 2 amide bonds. The lowest BCUT2D eigenvalue weighted by Crippen LogP contribution is -2.50. The van der Waals surface area contributed by atoms with Gasteiger partial charge in [-0.25, -0.2) is 4.39 Å². The molecular weight excluding hydrogens is 209 g/mol. The summed E-state index contributed by atoms with van der Waals surface area (Å²) in [6, 6.07) is -0.610. The summed E-state index contributed by atoms with van der Waals surface area (Å²) in [7, 11) is 2.84. The zero-order valence-electron chi connectivity index (χ0n) is 8.00. The van der Waals surface area contributed by atoms with Crippen LogP contribution >= 0.6 is 12.6 Å². The van der Waals surface area contributed by atoms with Gasteiger partial charge in [-0.2, -0.15) is 12.6 Å². The van der Waals surface area contributed by atoms with Gasteiger partial charge in [0.1, 0.15) is 0 Å². The Kier molecular flexibility index (Phi) is 6.22. The zero-order valence-corrected chi connectivity index (χ0v) is 8.90. The summed E-state index contributed by atoms with van der Waals surface area (Å²) >= 11 is 3.89. The van der Waals surface area contributed by atoms with Crippen molar-refractivity contribution in [1.29, 1.82) is 0 Å². The molecule has 0 spiro atoms. The quantitative estimate of drug-likeness (QED) is 0.344. The molecular formula is C7H14FN3O2S. The van der Waals surface area contributed by atoms with E-state index < -0.39 is 24.2 Å². The number of nitrogens with one attached hydrogen (secondary N) is 3. The zero-order chi connectivity index (χ0) is 11.1. The van der Waals surface area contributed by atoms with Crippen LogP contribution in [0, 0.1) is 0 Å². The fourth-order valence-electron chi connectivity index (χ4n) is 0.723. The average molecular weight is 223 g/mol. The fourth-order valence-corrected chi connectivity index (χ4v) is 1.07. The van der Waals surface area contributed by atoms with Crippen molar-refractivity contribution in [1.82, 2.24) is 16.0 Å². The second-order valence-corrected chi connectivity index (χ2v) is 2.87. The Balaban J connectivity index is 4.10. The molecule has 14 heavy (non-hydrogen) atoms. The smallest absolute Gasteiger partial charge is 0.275 e. The molecule has 0 aromatic heterocycles. The van der Waals surface area contributed by atoms with Crippen LogP contribution in [0.3, 0.4) is 0 Å². The molecule has 0 unspecified atom stereocenters. The highest BCUT2D eigenvalue weighted by Gasteiger charge is 2.22. The van der Waals surface area contributed by atoms with E-state index in [-0.39, 0.29) is 5.75 Å². The van der Waals surface area contributed by atoms with E-state index in [0.29, 0.717) is 0 Å². The molecule has 2 atom stereocenters. The van der Waals surface area contributed by atoms with Crippen LogP contribution in [-0.4, -0.2) is 44.0 Å². The maximum Gasteiger partial charge on any atom is 0.275 e. The highest BCUT2D eigenvalue weighted by atomic mass is 32.1. The molecule has 0 aliphatic heterocycles. The normalized spacial score (nSPS) is 14.3. The number of amides is 2. The first kappa shape index (κ1) is 13.2. The van der Waals surface area contributed by atoms with Crippen molar-refractivity contribution in [3.05, 3.63) is 0 Å². The van der Waals surface area contributed by atoms with Gasteiger partial charge in [-0.05, 0) is 7.05 Å². The van der Waals surface area contributed by atoms with Gasteiger partial charge < -0.3 is 16.0 Å². The lowest BCUT2D eigenvalue weighted by Gasteiger charge is -2.15. The Morgan fingerprint density at radius 2 is 1.93 bits per heavy atom. The molecule has 0 aromatic rings. The topological polar surface area (TPSA) is 70.2 Å². The van der Waals surface area contributed by atoms with Crippen molar-refractivity contribution >= 4 is 24.4 Å². The lowest BCUT2D eigenvalue weighted by molar-refractivity contribution is -0.133. The fraction of sp³-hybridized carbons (Fsp3) is 0.714. The highest BCUT2D eigenvalue weighted by molar-refractivity contribution is 7.80. The molecule has 82 valence electrons. The van der Waals surface area contributed by atoms with E-state index in [1.807, 2.05) is 5.32 Å². The van der Waals surface area contributed by atoms with Crippen LogP contribution in [0.2, 0.25) is 0 Å². The van der Waals surface area contributed by atoms with Gasteiger partial charge in [-0.15, -0.1) is 0 Å². The minimum Gasteiger partial charge on any atom is -0.355 e. The lowest BCUT2D eigenvalue weighted by atomic mass is 10.3. The summed E-state index contributed by atoms with van der Waals surface area (Å²) in [5, 5.41) is 6.61. The number of likely N-dealkylation sites (N-methyl/N-ethyl adjacent to an activating group) is 2. The molecule has 0 heterocycles. The van der Waals surface area contributed by atoms with E-state index in [2.05, 4.69) is 23.3 Å². The van der Waals surface area contributed by atoms with E-state index in [1.165, 1.54) is 7.05 Å². The van der Waals surface area contributed by atoms with Gasteiger partial charge in [0, 0.05) is 12.8 Å². The van der Waals surface area contributed by atoms with Gasteiger partial charge in [0.15, 0.2) is 0 Å². The maximum atomic E-state index is 12.9. The van der Waals surface area contributed by atoms with E-state index >= 15 is 0 Å². The van der Waals surface area contributed by atoms with Gasteiger partial charge in [-0.3, -0.25) is 9.59 Å². The van der Waals surface area contributed by atoms with Crippen LogP contribution in [0.4, 0.5) is 4.39 Å². The Morgan fingerprint density at radius 1 is 1.36 bits per heavy atom. The van der Waals surface area contributed by atoms with E-state index in [0.717, 1.165) is 0 Å². The molecule has 3 N–H and O–H groups in total. The van der Waals surface area contributed by atoms with E-state index in [1.54, 1.807) is 7.05 Å². The summed E-state index contributed by atoms with van der Waals surface area (Å²) in [6.07, 6.45) is -2.02. The van der Waals surface area contributed by atoms with Crippen molar-refractivity contribution < 1.29 is 14.0 Å². The molecule has 0 fully saturated rings. The number of hydrogen-bond donors (Lipinski definition) is 4. The number of halogens is 1. The third-order valence-electron chi connectivity index (χ3n) is 1.59. The van der Waals surface area contributed by atoms with Gasteiger partial charge in [0.05, 0.1) is 6.04 Å². The summed E-state index contributed by atoms with van der Waals surface area (Å²) in [5.41, 5.74) is 0. The summed E-state index contributed by atoms with van der Waals surface area (Å²) in [4.78, 5) is 21.9. The molecule has 0 aliphatic carbocycles. The molecule has 0 radical (unpaired) electrons. The first-order valence-electron chi connectivity index (χ1n) is 4.01. The van der Waals surface area contributed by atoms with E-state index in [4.69, 9.17) is 0 Å². The number of hydrogen-bond acceptors (Lipinski definition) is 4. The molecule has 0 rings (SSSR count). The molecule has 0 aliphatic rings. The van der Waals surface area contributed by atoms with Gasteiger partial charge in [-0.1, -0.05) is 0 Å². The van der Waals surface area contributed by atoms with Crippen molar-refractivity contribution in [2.45, 2.75) is 12.3 Å². The third kappa shape index (κ3) is 3.93. The summed E-state index contributed by atoms with van der Waals surface area (Å²) in [6.45, 7) is 0. The van der Waals surface area contributed by atoms with Crippen molar-refractivity contribution in [3.63, 3.8) is 0 Å². The molecule has 5 nitrogen and oxygen atoms in total. The Morgan fingerprint density at radius 3 is 2.29 bits per heavy atom. The van der Waals surface area contributed by atoms with Crippen LogP contribution < -0.4 is 16.0 Å². The standard InChI is InChI=1S/C7H14FN3O2S/c1-9-4(3-14)6(12)11-5(8)7(13)10-2/h4-5,9,14H,3H2,1-2H3,(H,10,13)(H,11,12)/t4-,5-/m0/s1. The number of carbonyl (C=O) groups excluding carboxylic acids is 2. The molecule has 0 aromatic carbocycles. The number of thiol groups is 1. The van der Waals surface area contributed by atoms with Crippen molar-refractivity contribution in [3.8, 4) is 0 Å². The highest BCUT2D eigenvalue weighted by Crippen LogP contribution is 1.91. The molecule has 7 heteroatoms. The van der Waals surface area contributed by atoms with Gasteiger partial charge >= 0.3 is 0 Å². The second kappa shape index (κ2) is 6.61. The van der Waals surface area contributed by atoms with Crippen molar-refractivity contribution in [2.24, 2.45) is 0 Å². The predicted molar refractivity (Wildman–Crippen MR) is 53.8 cm³/mol. The molecule has 0 saturated carbocycles. The van der Waals surface area contributed by atoms with Crippen molar-refractivity contribution in [2.75, 3.05) is 19.8 Å². The predicted octanol–water partition coefficient (Wildman–Crippen LogP) is -1.34. The van der Waals surface area contributed by atoms with E-state index in [9.17, 15) is 14.0 Å². The minimum absolute atomic E-state index is 0.225. The largest absolute Gasteiger partial charge is 0.355 e. The first-order chi connectivity index (χ1) is 6.56. The Bertz CT molecular complexity index is 211. The SMILES string of the molecule is CNC(=O)[C@@H](F)NC(=O)[C@H](CS)NC. The molecule has 0 saturated heterocycles. The third-order valence-corrected chi connectivity index (χ3v) is 1.96. The van der Waals surface area contributed by atoms with Gasteiger partial charge in [0.25, 0.3) is 12.2 Å². The monoisotopic (exact) mass is 223 g/mol. The molecule has 0 bridgehead atoms. The van der Waals surface area contributed by atoms with Crippen LogP contribution in [0.25, 0.3) is 0 Å². The average Bonchev–Trinajstić information content (AvgIpc) is 2.18. The van der Waals surface area contributed by atoms with Gasteiger partial charge in [0.2, 0.25) is 5.91 Å². The minimum atomic E-state index is -2.02. The number of alkyl halides is 1. The first-order valence-corrected chi connectivity index (χ1v) is 4.64. The summed E-state index contributed by atoms with van der Waals surface area (Å²) < 4.78 is 12.9. The number of carbonyl (C=O) groups is 2. The second-order valence-electron chi connectivity index (χ2n) is 2.51. The van der Waals surface area contributed by atoms with Crippen LogP contribution in [0.5, 0.6) is 0 Å².